The average molecular weight is 340 g/mol. The standard InChI is InChI=1S/2C4H11NO3.H2O4S/c2*1-5(2)3-4(6,7)8;1-5(2,3)4/h2*6-8H,3H2,1-2H3;(H2,1,2,3,4). The molecule has 0 spiro atoms. The van der Waals surface area contributed by atoms with Crippen LogP contribution in [0.15, 0.2) is 0 Å². The van der Waals surface area contributed by atoms with Crippen LogP contribution in [0.1, 0.15) is 0 Å². The van der Waals surface area contributed by atoms with Crippen LogP contribution in [0.4, 0.5) is 0 Å². The van der Waals surface area contributed by atoms with Crippen LogP contribution in [-0.4, -0.2) is 101 Å². The average Bonchev–Trinajstić information content (AvgIpc) is 1.87. The molecule has 0 aromatic carbocycles. The summed E-state index contributed by atoms with van der Waals surface area (Å²) in [6, 6.07) is 0. The van der Waals surface area contributed by atoms with E-state index in [0.717, 1.165) is 9.80 Å². The molecule has 13 heteroatoms. The van der Waals surface area contributed by atoms with E-state index in [9.17, 15) is 0 Å². The van der Waals surface area contributed by atoms with Gasteiger partial charge in [-0.05, 0) is 0 Å². The topological polar surface area (TPSA) is 211 Å². The van der Waals surface area contributed by atoms with Gasteiger partial charge >= 0.3 is 11.9 Å². The number of hydrogen-bond donors (Lipinski definition) is 8. The molecule has 0 aliphatic heterocycles. The van der Waals surface area contributed by atoms with Crippen LogP contribution in [0.25, 0.3) is 0 Å². The molecule has 0 saturated heterocycles. The lowest BCUT2D eigenvalue weighted by Gasteiger charge is -2.15. The molecule has 0 aromatic rings. The van der Waals surface area contributed by atoms with Gasteiger partial charge in [0.1, 0.15) is 0 Å². The van der Waals surface area contributed by atoms with Crippen LogP contribution in [0, 0.1) is 0 Å². The Morgan fingerprint density at radius 1 is 0.762 bits per heavy atom. The predicted octanol–water partition coefficient (Wildman–Crippen LogP) is -7.81. The van der Waals surface area contributed by atoms with E-state index in [-0.39, 0.29) is 13.1 Å². The Labute approximate surface area is 122 Å². The third kappa shape index (κ3) is 66.0. The molecule has 132 valence electrons. The molecule has 8 N–H and O–H groups in total. The molecule has 0 amide bonds. The van der Waals surface area contributed by atoms with Crippen LogP contribution < -0.4 is 9.80 Å². The fraction of sp³-hybridized carbons (Fsp3) is 1.00. The molecule has 0 aliphatic carbocycles. The molecule has 12 nitrogen and oxygen atoms in total. The number of hydrogen-bond acceptors (Lipinski definition) is 10. The summed E-state index contributed by atoms with van der Waals surface area (Å²) in [5.74, 6) is -5.03. The molecule has 0 atom stereocenters. The highest BCUT2D eigenvalue weighted by atomic mass is 32.3. The second kappa shape index (κ2) is 10.3. The molecular formula is C8H24N2O10S. The van der Waals surface area contributed by atoms with E-state index < -0.39 is 22.3 Å². The van der Waals surface area contributed by atoms with Crippen LogP contribution in [0.2, 0.25) is 0 Å². The minimum absolute atomic E-state index is 0.0903. The summed E-state index contributed by atoms with van der Waals surface area (Å²) in [6.07, 6.45) is 0. The van der Waals surface area contributed by atoms with E-state index in [0.29, 0.717) is 0 Å². The molecular weight excluding hydrogens is 316 g/mol. The molecule has 0 fully saturated rings. The minimum atomic E-state index is -5.17. The van der Waals surface area contributed by atoms with E-state index in [1.165, 1.54) is 0 Å². The van der Waals surface area contributed by atoms with Gasteiger partial charge in [0.05, 0.1) is 28.2 Å². The number of quaternary nitrogens is 2. The van der Waals surface area contributed by atoms with E-state index in [2.05, 4.69) is 0 Å². The first-order valence-corrected chi connectivity index (χ1v) is 6.76. The predicted molar refractivity (Wildman–Crippen MR) is 64.6 cm³/mol. The van der Waals surface area contributed by atoms with E-state index in [1.54, 1.807) is 28.2 Å². The van der Waals surface area contributed by atoms with Gasteiger partial charge in [0.2, 0.25) is 0 Å². The summed E-state index contributed by atoms with van der Waals surface area (Å²) in [5.41, 5.74) is 0. The fourth-order valence-electron chi connectivity index (χ4n) is 0.949. The normalized spacial score (nSPS) is 12.5. The summed E-state index contributed by atoms with van der Waals surface area (Å²) in [6.45, 7) is -0.181. The second-order valence-electron chi connectivity index (χ2n) is 4.72. The molecule has 0 heterocycles. The fourth-order valence-corrected chi connectivity index (χ4v) is 0.949. The Morgan fingerprint density at radius 2 is 0.905 bits per heavy atom. The maximum absolute atomic E-state index is 8.52. The van der Waals surface area contributed by atoms with Gasteiger partial charge < -0.3 is 49.5 Å². The van der Waals surface area contributed by atoms with Gasteiger partial charge in [-0.25, -0.2) is 0 Å². The highest BCUT2D eigenvalue weighted by Gasteiger charge is 2.22. The Balaban J connectivity index is -0.000000239. The van der Waals surface area contributed by atoms with Gasteiger partial charge in [-0.15, -0.1) is 0 Å². The first-order chi connectivity index (χ1) is 8.83. The zero-order valence-corrected chi connectivity index (χ0v) is 13.0. The van der Waals surface area contributed by atoms with Crippen molar-refractivity contribution in [1.29, 1.82) is 0 Å². The summed E-state index contributed by atoms with van der Waals surface area (Å²) in [7, 11) is 1.66. The third-order valence-corrected chi connectivity index (χ3v) is 1.18. The van der Waals surface area contributed by atoms with Gasteiger partial charge in [0, 0.05) is 10.4 Å². The zero-order valence-electron chi connectivity index (χ0n) is 12.1. The molecule has 21 heavy (non-hydrogen) atoms. The molecule has 0 saturated carbocycles. The summed E-state index contributed by atoms with van der Waals surface area (Å²) in [5, 5.41) is 49.7. The van der Waals surface area contributed by atoms with Gasteiger partial charge in [-0.2, -0.15) is 0 Å². The third-order valence-electron chi connectivity index (χ3n) is 1.18. The van der Waals surface area contributed by atoms with Gasteiger partial charge in [0.25, 0.3) is 0 Å². The largest absolute Gasteiger partial charge is 0.759 e. The van der Waals surface area contributed by atoms with Gasteiger partial charge in [-0.1, -0.05) is 0 Å². The first-order valence-electron chi connectivity index (χ1n) is 5.42. The van der Waals surface area contributed by atoms with Crippen LogP contribution in [0.5, 0.6) is 0 Å². The Hall–Kier alpha value is -0.450. The molecule has 0 radical (unpaired) electrons. The SMILES string of the molecule is C[NH+](C)CC(O)(O)O.C[NH+](C)CC(O)(O)O.O=S(=O)([O-])[O-]. The van der Waals surface area contributed by atoms with Crippen LogP contribution >= 0.6 is 0 Å². The van der Waals surface area contributed by atoms with E-state index in [1.807, 2.05) is 0 Å². The maximum atomic E-state index is 8.52. The lowest BCUT2D eigenvalue weighted by atomic mass is 10.5. The van der Waals surface area contributed by atoms with Crippen LogP contribution in [-0.2, 0) is 10.4 Å². The van der Waals surface area contributed by atoms with Crippen molar-refractivity contribution in [3.63, 3.8) is 0 Å². The Morgan fingerprint density at radius 3 is 0.905 bits per heavy atom. The van der Waals surface area contributed by atoms with Gasteiger partial charge in [0.15, 0.2) is 13.1 Å². The lowest BCUT2D eigenvalue weighted by Crippen LogP contribution is -3.08. The molecule has 0 rings (SSSR count). The number of likely N-dealkylation sites (N-methyl/N-ethyl adjacent to an activating group) is 2. The molecule has 0 bridgehead atoms. The summed E-state index contributed by atoms with van der Waals surface area (Å²) < 4.78 is 34.1. The van der Waals surface area contributed by atoms with E-state index in [4.69, 9.17) is 48.2 Å². The maximum Gasteiger partial charge on any atom is 0.327 e. The smallest absolute Gasteiger partial charge is 0.327 e. The summed E-state index contributed by atoms with van der Waals surface area (Å²) >= 11 is 0. The number of aliphatic hydroxyl groups is 6. The monoisotopic (exact) mass is 340 g/mol. The lowest BCUT2D eigenvalue weighted by molar-refractivity contribution is -0.875. The second-order valence-corrected chi connectivity index (χ2v) is 5.54. The summed E-state index contributed by atoms with van der Waals surface area (Å²) in [4.78, 5) is 1.55. The number of rotatable bonds is 4. The van der Waals surface area contributed by atoms with Crippen molar-refractivity contribution in [2.75, 3.05) is 41.3 Å². The van der Waals surface area contributed by atoms with Crippen LogP contribution in [0.3, 0.4) is 0 Å². The van der Waals surface area contributed by atoms with E-state index >= 15 is 0 Å². The highest BCUT2D eigenvalue weighted by Crippen LogP contribution is 1.83. The number of nitrogens with one attached hydrogen (secondary N) is 2. The van der Waals surface area contributed by atoms with Crippen molar-refractivity contribution in [3.8, 4) is 0 Å². The zero-order chi connectivity index (χ0) is 18.1. The Kier molecular flexibility index (Phi) is 12.5. The minimum Gasteiger partial charge on any atom is -0.759 e. The molecule has 0 aliphatic rings. The van der Waals surface area contributed by atoms with Crippen molar-refractivity contribution >= 4 is 10.4 Å². The van der Waals surface area contributed by atoms with Crippen molar-refractivity contribution < 1.29 is 58.0 Å². The van der Waals surface area contributed by atoms with Crippen molar-refractivity contribution in [3.05, 3.63) is 0 Å². The van der Waals surface area contributed by atoms with Gasteiger partial charge in [-0.3, -0.25) is 8.42 Å². The molecule has 0 aromatic heterocycles. The first kappa shape index (κ1) is 25.5. The van der Waals surface area contributed by atoms with Crippen molar-refractivity contribution in [1.82, 2.24) is 0 Å². The Bertz CT molecular complexity index is 315. The quantitative estimate of drug-likeness (QED) is 0.137. The highest BCUT2D eigenvalue weighted by molar-refractivity contribution is 7.79. The van der Waals surface area contributed by atoms with Crippen molar-refractivity contribution in [2.45, 2.75) is 11.9 Å². The molecule has 0 unspecified atom stereocenters. The van der Waals surface area contributed by atoms with Crippen molar-refractivity contribution in [2.24, 2.45) is 0 Å².